The first-order chi connectivity index (χ1) is 16.2. The average Bonchev–Trinajstić information content (AvgIpc) is 3.31. The van der Waals surface area contributed by atoms with Crippen molar-refractivity contribution < 1.29 is 14.3 Å². The lowest BCUT2D eigenvalue weighted by Gasteiger charge is -2.34. The molecule has 7 nitrogen and oxygen atoms in total. The second-order valence-electron chi connectivity index (χ2n) is 8.50. The lowest BCUT2D eigenvalue weighted by Crippen LogP contribution is -2.39. The van der Waals surface area contributed by atoms with Gasteiger partial charge < -0.3 is 14.9 Å². The number of fused-ring (bicyclic) bond motifs is 1. The molecule has 3 aromatic rings. The van der Waals surface area contributed by atoms with Crippen molar-refractivity contribution in [2.45, 2.75) is 54.5 Å². The van der Waals surface area contributed by atoms with E-state index in [0.29, 0.717) is 23.0 Å². The van der Waals surface area contributed by atoms with Crippen molar-refractivity contribution in [3.8, 4) is 11.5 Å². The van der Waals surface area contributed by atoms with E-state index in [9.17, 15) is 4.79 Å². The Balaban J connectivity index is 1.55. The van der Waals surface area contributed by atoms with Crippen LogP contribution >= 0.6 is 11.8 Å². The summed E-state index contributed by atoms with van der Waals surface area (Å²) < 4.78 is 13.0. The van der Waals surface area contributed by atoms with Crippen molar-refractivity contribution in [2.75, 3.05) is 19.6 Å². The number of carbonyl (C=O) groups excluding carboxylic acids is 1. The number of benzene rings is 2. The normalized spacial score (nSPS) is 20.5. The van der Waals surface area contributed by atoms with Crippen molar-refractivity contribution in [2.24, 2.45) is 0 Å². The standard InChI is InChI=1S/C25H28N4O3S/c1-31-19-14-13-18(15-20(19)32-2)21-23(22(30)16-9-5-3-6-10-16)33-25-27-26-24(29(25)28-21)17-11-7-4-8-12-17/h3,5-6,9-10,13-15,17,21,23,28H,4,7-8,11-12H2,1-2H3/t21-,23-/m1/s1. The van der Waals surface area contributed by atoms with E-state index in [4.69, 9.17) is 9.47 Å². The van der Waals surface area contributed by atoms with E-state index < -0.39 is 5.25 Å². The van der Waals surface area contributed by atoms with Gasteiger partial charge in [0.15, 0.2) is 23.1 Å². The van der Waals surface area contributed by atoms with Crippen LogP contribution in [0.1, 0.15) is 65.8 Å². The fraction of sp³-hybridized carbons (Fsp3) is 0.400. The molecule has 1 aromatic heterocycles. The van der Waals surface area contributed by atoms with E-state index in [-0.39, 0.29) is 11.8 Å². The van der Waals surface area contributed by atoms with Gasteiger partial charge in [-0.1, -0.05) is 67.4 Å². The molecule has 8 heteroatoms. The minimum absolute atomic E-state index is 0.0568. The Labute approximate surface area is 197 Å². The van der Waals surface area contributed by atoms with Crippen LogP contribution in [0.2, 0.25) is 0 Å². The third-order valence-electron chi connectivity index (χ3n) is 6.52. The number of ether oxygens (including phenoxy) is 2. The zero-order valence-electron chi connectivity index (χ0n) is 18.9. The molecule has 0 spiro atoms. The summed E-state index contributed by atoms with van der Waals surface area (Å²) in [7, 11) is 3.24. The number of ketones is 1. The Morgan fingerprint density at radius 1 is 1.00 bits per heavy atom. The van der Waals surface area contributed by atoms with E-state index in [2.05, 4.69) is 15.6 Å². The van der Waals surface area contributed by atoms with Gasteiger partial charge in [0.05, 0.1) is 20.3 Å². The molecule has 5 rings (SSSR count). The summed E-state index contributed by atoms with van der Waals surface area (Å²) in [4.78, 5) is 13.6. The van der Waals surface area contributed by atoms with Gasteiger partial charge >= 0.3 is 0 Å². The second-order valence-corrected chi connectivity index (χ2v) is 9.61. The molecule has 2 aliphatic rings. The first-order valence-electron chi connectivity index (χ1n) is 11.4. The monoisotopic (exact) mass is 464 g/mol. The topological polar surface area (TPSA) is 78.3 Å². The van der Waals surface area contributed by atoms with Crippen molar-refractivity contribution in [3.63, 3.8) is 0 Å². The largest absolute Gasteiger partial charge is 0.493 e. The van der Waals surface area contributed by atoms with Gasteiger partial charge in [-0.2, -0.15) is 0 Å². The lowest BCUT2D eigenvalue weighted by molar-refractivity contribution is 0.0980. The SMILES string of the molecule is COc1ccc([C@H]2Nn3c(nnc3C3CCCCC3)S[C@H]2C(=O)c2ccccc2)cc1OC. The van der Waals surface area contributed by atoms with Crippen LogP contribution in [0.25, 0.3) is 0 Å². The molecule has 2 aromatic carbocycles. The van der Waals surface area contributed by atoms with Crippen LogP contribution in [-0.2, 0) is 0 Å². The van der Waals surface area contributed by atoms with Crippen LogP contribution in [0.15, 0.2) is 53.7 Å². The minimum atomic E-state index is -0.401. The first kappa shape index (κ1) is 21.8. The van der Waals surface area contributed by atoms with Crippen LogP contribution in [0.3, 0.4) is 0 Å². The van der Waals surface area contributed by atoms with Crippen LogP contribution in [-0.4, -0.2) is 40.1 Å². The molecule has 1 aliphatic carbocycles. The molecule has 0 amide bonds. The van der Waals surface area contributed by atoms with Crippen LogP contribution < -0.4 is 14.9 Å². The highest BCUT2D eigenvalue weighted by Gasteiger charge is 2.39. The van der Waals surface area contributed by atoms with Crippen molar-refractivity contribution >= 4 is 17.5 Å². The predicted molar refractivity (Wildman–Crippen MR) is 128 cm³/mol. The number of hydrogen-bond donors (Lipinski definition) is 1. The van der Waals surface area contributed by atoms with E-state index >= 15 is 0 Å². The van der Waals surface area contributed by atoms with Gasteiger partial charge in [0.25, 0.3) is 0 Å². The number of nitrogens with one attached hydrogen (secondary N) is 1. The summed E-state index contributed by atoms with van der Waals surface area (Å²) in [6.07, 6.45) is 5.96. The average molecular weight is 465 g/mol. The summed E-state index contributed by atoms with van der Waals surface area (Å²) in [5, 5.41) is 9.35. The second kappa shape index (κ2) is 9.47. The fourth-order valence-corrected chi connectivity index (χ4v) is 5.92. The van der Waals surface area contributed by atoms with Crippen LogP contribution in [0, 0.1) is 0 Å². The number of carbonyl (C=O) groups is 1. The molecule has 0 bridgehead atoms. The Bertz CT molecular complexity index is 1130. The van der Waals surface area contributed by atoms with E-state index in [0.717, 1.165) is 29.4 Å². The third-order valence-corrected chi connectivity index (χ3v) is 7.73. The maximum atomic E-state index is 13.6. The van der Waals surface area contributed by atoms with Crippen LogP contribution in [0.4, 0.5) is 0 Å². The highest BCUT2D eigenvalue weighted by atomic mass is 32.2. The van der Waals surface area contributed by atoms with Gasteiger partial charge in [0.2, 0.25) is 5.16 Å². The highest BCUT2D eigenvalue weighted by Crippen LogP contribution is 2.42. The molecular formula is C25H28N4O3S. The van der Waals surface area contributed by atoms with Crippen molar-refractivity contribution in [3.05, 3.63) is 65.5 Å². The molecular weight excluding hydrogens is 436 g/mol. The number of thioether (sulfide) groups is 1. The maximum absolute atomic E-state index is 13.6. The predicted octanol–water partition coefficient (Wildman–Crippen LogP) is 4.99. The quantitative estimate of drug-likeness (QED) is 0.515. The number of Topliss-reactive ketones (excluding diaryl/α,β-unsaturated/α-hetero) is 1. The Hall–Kier alpha value is -3.00. The molecule has 2 heterocycles. The molecule has 33 heavy (non-hydrogen) atoms. The molecule has 1 saturated carbocycles. The third kappa shape index (κ3) is 4.19. The number of aromatic nitrogens is 3. The smallest absolute Gasteiger partial charge is 0.210 e. The first-order valence-corrected chi connectivity index (χ1v) is 12.3. The summed E-state index contributed by atoms with van der Waals surface area (Å²) in [6.45, 7) is 0. The summed E-state index contributed by atoms with van der Waals surface area (Å²) in [5.41, 5.74) is 5.23. The fourth-order valence-electron chi connectivity index (χ4n) is 4.76. The number of hydrogen-bond acceptors (Lipinski definition) is 7. The Kier molecular flexibility index (Phi) is 6.26. The van der Waals surface area contributed by atoms with Gasteiger partial charge in [-0.3, -0.25) is 4.79 Å². The van der Waals surface area contributed by atoms with Gasteiger partial charge in [-0.15, -0.1) is 10.2 Å². The van der Waals surface area contributed by atoms with Crippen LogP contribution in [0.5, 0.6) is 11.5 Å². The summed E-state index contributed by atoms with van der Waals surface area (Å²) >= 11 is 1.48. The number of nitrogens with zero attached hydrogens (tertiary/aromatic N) is 3. The summed E-state index contributed by atoms with van der Waals surface area (Å²) in [5.74, 6) is 2.70. The lowest BCUT2D eigenvalue weighted by atomic mass is 9.89. The molecule has 0 saturated heterocycles. The minimum Gasteiger partial charge on any atom is -0.493 e. The van der Waals surface area contributed by atoms with E-state index in [1.807, 2.05) is 53.2 Å². The molecule has 0 unspecified atom stereocenters. The van der Waals surface area contributed by atoms with Crippen molar-refractivity contribution in [1.82, 2.24) is 14.9 Å². The van der Waals surface area contributed by atoms with Gasteiger partial charge in [-0.25, -0.2) is 4.68 Å². The van der Waals surface area contributed by atoms with E-state index in [1.165, 1.54) is 31.0 Å². The highest BCUT2D eigenvalue weighted by molar-refractivity contribution is 8.00. The molecule has 1 aliphatic heterocycles. The summed E-state index contributed by atoms with van der Waals surface area (Å²) in [6, 6.07) is 15.0. The molecule has 1 N–H and O–H groups in total. The number of rotatable bonds is 6. The van der Waals surface area contributed by atoms with E-state index in [1.54, 1.807) is 14.2 Å². The zero-order valence-corrected chi connectivity index (χ0v) is 19.7. The van der Waals surface area contributed by atoms with Gasteiger partial charge in [0, 0.05) is 11.5 Å². The maximum Gasteiger partial charge on any atom is 0.210 e. The zero-order chi connectivity index (χ0) is 22.8. The number of methoxy groups -OCH3 is 2. The molecule has 172 valence electrons. The molecule has 2 atom stereocenters. The molecule has 1 fully saturated rings. The molecule has 0 radical (unpaired) electrons. The van der Waals surface area contributed by atoms with Gasteiger partial charge in [0.1, 0.15) is 5.25 Å². The Morgan fingerprint density at radius 2 is 1.76 bits per heavy atom. The van der Waals surface area contributed by atoms with Gasteiger partial charge in [-0.05, 0) is 30.5 Å². The Morgan fingerprint density at radius 3 is 2.48 bits per heavy atom. The van der Waals surface area contributed by atoms with Crippen molar-refractivity contribution in [1.29, 1.82) is 0 Å².